The van der Waals surface area contributed by atoms with Crippen molar-refractivity contribution in [2.24, 2.45) is 0 Å². The Kier molecular flexibility index (Phi) is 4.25. The molecule has 0 radical (unpaired) electrons. The zero-order chi connectivity index (χ0) is 13.9. The van der Waals surface area contributed by atoms with E-state index in [1.54, 1.807) is 0 Å². The fourth-order valence-electron chi connectivity index (χ4n) is 2.23. The highest BCUT2D eigenvalue weighted by molar-refractivity contribution is 6.18. The highest BCUT2D eigenvalue weighted by atomic mass is 35.5. The molecule has 102 valence electrons. The highest BCUT2D eigenvalue weighted by Crippen LogP contribution is 2.28. The molecular weight excluding hydrogens is 258 g/mol. The van der Waals surface area contributed by atoms with Crippen LogP contribution in [-0.2, 0) is 0 Å². The Bertz CT molecular complexity index is 556. The van der Waals surface area contributed by atoms with Crippen LogP contribution in [0.3, 0.4) is 0 Å². The van der Waals surface area contributed by atoms with Crippen molar-refractivity contribution < 1.29 is 0 Å². The molecule has 1 heterocycles. The van der Waals surface area contributed by atoms with E-state index in [1.807, 2.05) is 19.1 Å². The molecule has 4 heteroatoms. The zero-order valence-corrected chi connectivity index (χ0v) is 12.5. The maximum Gasteiger partial charge on any atom is 0.157 e. The van der Waals surface area contributed by atoms with E-state index in [-0.39, 0.29) is 5.54 Å². The molecule has 3 nitrogen and oxygen atoms in total. The van der Waals surface area contributed by atoms with Crippen molar-refractivity contribution in [2.75, 3.05) is 11.2 Å². The third-order valence-corrected chi connectivity index (χ3v) is 4.38. The lowest BCUT2D eigenvalue weighted by atomic mass is 9.95. The van der Waals surface area contributed by atoms with Gasteiger partial charge in [0.15, 0.2) is 5.82 Å². The molecule has 0 fully saturated rings. The number of rotatable bonds is 5. The molecule has 0 amide bonds. The summed E-state index contributed by atoms with van der Waals surface area (Å²) in [5, 5.41) is 14.3. The standard InChI is InChI=1S/C15H20ClN3/c1-4-15(5-2,10-16)17-14-13-9-7-6-8-12(13)11(3)18-19-14/h6-9H,4-5,10H2,1-3H3,(H,17,19). The van der Waals surface area contributed by atoms with E-state index in [2.05, 4.69) is 41.5 Å². The summed E-state index contributed by atoms with van der Waals surface area (Å²) >= 11 is 6.15. The maximum atomic E-state index is 6.15. The van der Waals surface area contributed by atoms with Gasteiger partial charge >= 0.3 is 0 Å². The first-order valence-corrected chi connectivity index (χ1v) is 7.25. The summed E-state index contributed by atoms with van der Waals surface area (Å²) in [7, 11) is 0. The van der Waals surface area contributed by atoms with Gasteiger partial charge in [-0.25, -0.2) is 0 Å². The Balaban J connectivity index is 2.49. The molecule has 0 aliphatic heterocycles. The van der Waals surface area contributed by atoms with Crippen LogP contribution >= 0.6 is 11.6 Å². The highest BCUT2D eigenvalue weighted by Gasteiger charge is 2.26. The SMILES string of the molecule is CCC(CC)(CCl)Nc1nnc(C)c2ccccc12. The number of fused-ring (bicyclic) bond motifs is 1. The van der Waals surface area contributed by atoms with Gasteiger partial charge in [-0.2, -0.15) is 5.10 Å². The van der Waals surface area contributed by atoms with Crippen molar-refractivity contribution in [1.82, 2.24) is 10.2 Å². The van der Waals surface area contributed by atoms with E-state index in [9.17, 15) is 0 Å². The number of nitrogens with zero attached hydrogens (tertiary/aromatic N) is 2. The van der Waals surface area contributed by atoms with Crippen molar-refractivity contribution in [3.63, 3.8) is 0 Å². The number of hydrogen-bond donors (Lipinski definition) is 1. The molecule has 1 aromatic heterocycles. The fourth-order valence-corrected chi connectivity index (χ4v) is 2.68. The topological polar surface area (TPSA) is 37.8 Å². The quantitative estimate of drug-likeness (QED) is 0.835. The van der Waals surface area contributed by atoms with Gasteiger partial charge in [0, 0.05) is 16.7 Å². The largest absolute Gasteiger partial charge is 0.361 e. The van der Waals surface area contributed by atoms with Gasteiger partial charge in [-0.1, -0.05) is 38.1 Å². The number of alkyl halides is 1. The lowest BCUT2D eigenvalue weighted by Gasteiger charge is -2.31. The number of benzene rings is 1. The van der Waals surface area contributed by atoms with Gasteiger partial charge in [0.05, 0.1) is 11.2 Å². The minimum Gasteiger partial charge on any atom is -0.361 e. The fraction of sp³-hybridized carbons (Fsp3) is 0.467. The molecule has 2 rings (SSSR count). The predicted molar refractivity (Wildman–Crippen MR) is 81.9 cm³/mol. The van der Waals surface area contributed by atoms with E-state index in [1.165, 1.54) is 0 Å². The third kappa shape index (κ3) is 2.66. The molecule has 19 heavy (non-hydrogen) atoms. The first-order chi connectivity index (χ1) is 9.15. The van der Waals surface area contributed by atoms with Crippen molar-refractivity contribution in [1.29, 1.82) is 0 Å². The lowest BCUT2D eigenvalue weighted by Crippen LogP contribution is -2.39. The molecule has 1 aromatic carbocycles. The summed E-state index contributed by atoms with van der Waals surface area (Å²) < 4.78 is 0. The van der Waals surface area contributed by atoms with E-state index >= 15 is 0 Å². The minimum absolute atomic E-state index is 0.117. The second-order valence-electron chi connectivity index (χ2n) is 4.93. The van der Waals surface area contributed by atoms with Crippen molar-refractivity contribution in [3.05, 3.63) is 30.0 Å². The third-order valence-electron chi connectivity index (χ3n) is 3.86. The van der Waals surface area contributed by atoms with Gasteiger partial charge in [0.25, 0.3) is 0 Å². The van der Waals surface area contributed by atoms with Gasteiger partial charge < -0.3 is 5.32 Å². The van der Waals surface area contributed by atoms with Gasteiger partial charge in [-0.3, -0.25) is 0 Å². The Labute approximate surface area is 119 Å². The number of aryl methyl sites for hydroxylation is 1. The van der Waals surface area contributed by atoms with Gasteiger partial charge in [-0.05, 0) is 19.8 Å². The molecule has 0 aliphatic rings. The van der Waals surface area contributed by atoms with Crippen molar-refractivity contribution in [3.8, 4) is 0 Å². The van der Waals surface area contributed by atoms with Crippen LogP contribution < -0.4 is 5.32 Å². The maximum absolute atomic E-state index is 6.15. The van der Waals surface area contributed by atoms with Crippen LogP contribution in [0.5, 0.6) is 0 Å². The summed E-state index contributed by atoms with van der Waals surface area (Å²) in [4.78, 5) is 0. The molecule has 0 spiro atoms. The summed E-state index contributed by atoms with van der Waals surface area (Å²) in [6, 6.07) is 8.19. The number of halogens is 1. The van der Waals surface area contributed by atoms with Crippen LogP contribution in [0.4, 0.5) is 5.82 Å². The Morgan fingerprint density at radius 1 is 1.11 bits per heavy atom. The lowest BCUT2D eigenvalue weighted by molar-refractivity contribution is 0.482. The summed E-state index contributed by atoms with van der Waals surface area (Å²) in [5.41, 5.74) is 0.833. The monoisotopic (exact) mass is 277 g/mol. The van der Waals surface area contributed by atoms with E-state index in [4.69, 9.17) is 11.6 Å². The normalized spacial score (nSPS) is 11.8. The van der Waals surface area contributed by atoms with Crippen molar-refractivity contribution >= 4 is 28.2 Å². The summed E-state index contributed by atoms with van der Waals surface area (Å²) in [6.07, 6.45) is 1.91. The van der Waals surface area contributed by atoms with Gasteiger partial charge in [0.1, 0.15) is 0 Å². The average Bonchev–Trinajstić information content (AvgIpc) is 2.48. The van der Waals surface area contributed by atoms with E-state index in [0.29, 0.717) is 5.88 Å². The molecule has 0 saturated carbocycles. The molecule has 0 bridgehead atoms. The van der Waals surface area contributed by atoms with Crippen molar-refractivity contribution in [2.45, 2.75) is 39.2 Å². The zero-order valence-electron chi connectivity index (χ0n) is 11.7. The first kappa shape index (κ1) is 14.1. The number of anilines is 1. The predicted octanol–water partition coefficient (Wildman–Crippen LogP) is 4.15. The summed E-state index contributed by atoms with van der Waals surface area (Å²) in [5.74, 6) is 1.38. The second kappa shape index (κ2) is 5.74. The van der Waals surface area contributed by atoms with Crippen LogP contribution in [-0.4, -0.2) is 21.6 Å². The van der Waals surface area contributed by atoms with Crippen LogP contribution in [0.15, 0.2) is 24.3 Å². The average molecular weight is 278 g/mol. The van der Waals surface area contributed by atoms with Gasteiger partial charge in [-0.15, -0.1) is 16.7 Å². The Hall–Kier alpha value is -1.35. The van der Waals surface area contributed by atoms with Crippen LogP contribution in [0, 0.1) is 6.92 Å². The Morgan fingerprint density at radius 3 is 2.32 bits per heavy atom. The number of hydrogen-bond acceptors (Lipinski definition) is 3. The van der Waals surface area contributed by atoms with E-state index in [0.717, 1.165) is 35.1 Å². The Morgan fingerprint density at radius 2 is 1.74 bits per heavy atom. The molecule has 1 N–H and O–H groups in total. The van der Waals surface area contributed by atoms with Crippen LogP contribution in [0.2, 0.25) is 0 Å². The van der Waals surface area contributed by atoms with Crippen LogP contribution in [0.25, 0.3) is 10.8 Å². The summed E-state index contributed by atoms with van der Waals surface area (Å²) in [6.45, 7) is 6.26. The molecule has 2 aromatic rings. The molecule has 0 aliphatic carbocycles. The number of nitrogens with one attached hydrogen (secondary N) is 1. The molecule has 0 unspecified atom stereocenters. The minimum atomic E-state index is -0.117. The van der Waals surface area contributed by atoms with Gasteiger partial charge in [0.2, 0.25) is 0 Å². The van der Waals surface area contributed by atoms with Crippen LogP contribution in [0.1, 0.15) is 32.4 Å². The molecule has 0 atom stereocenters. The first-order valence-electron chi connectivity index (χ1n) is 6.72. The molecular formula is C15H20ClN3. The number of aromatic nitrogens is 2. The molecule has 0 saturated heterocycles. The second-order valence-corrected chi connectivity index (χ2v) is 5.19. The smallest absolute Gasteiger partial charge is 0.157 e. The van der Waals surface area contributed by atoms with E-state index < -0.39 is 0 Å².